The smallest absolute Gasteiger partial charge is 0.344 e. The maximum absolute atomic E-state index is 12.0. The van der Waals surface area contributed by atoms with Crippen LogP contribution in [-0.2, 0) is 19.1 Å². The van der Waals surface area contributed by atoms with Crippen LogP contribution >= 0.6 is 0 Å². The number of carbonyl (C=O) groups excluding carboxylic acids is 3. The molecule has 9 heteroatoms. The minimum atomic E-state index is -0.745. The van der Waals surface area contributed by atoms with Crippen molar-refractivity contribution >= 4 is 34.5 Å². The van der Waals surface area contributed by atoms with Crippen LogP contribution in [-0.4, -0.2) is 37.7 Å². The molecule has 0 bridgehead atoms. The van der Waals surface area contributed by atoms with Gasteiger partial charge in [0.25, 0.3) is 5.91 Å². The molecule has 0 fully saturated rings. The average molecular weight is 453 g/mol. The summed E-state index contributed by atoms with van der Waals surface area (Å²) in [6, 6.07) is 13.9. The summed E-state index contributed by atoms with van der Waals surface area (Å²) in [6.45, 7) is 1.43. The molecule has 1 amide bonds. The Morgan fingerprint density at radius 2 is 1.70 bits per heavy atom. The summed E-state index contributed by atoms with van der Waals surface area (Å²) in [5.74, 6) is -1.41. The van der Waals surface area contributed by atoms with Crippen LogP contribution in [0.5, 0.6) is 5.75 Å². The van der Waals surface area contributed by atoms with Crippen LogP contribution in [0, 0.1) is 0 Å². The number of anilines is 1. The summed E-state index contributed by atoms with van der Waals surface area (Å²) < 4.78 is 20.4. The second kappa shape index (κ2) is 11.5. The van der Waals surface area contributed by atoms with E-state index in [0.29, 0.717) is 34.6 Å². The molecule has 1 N–H and O–H groups in total. The lowest BCUT2D eigenvalue weighted by atomic mass is 10.2. The van der Waals surface area contributed by atoms with Crippen molar-refractivity contribution in [3.63, 3.8) is 0 Å². The zero-order valence-electron chi connectivity index (χ0n) is 18.0. The highest BCUT2D eigenvalue weighted by molar-refractivity contribution is 5.94. The molecule has 172 valence electrons. The normalized spacial score (nSPS) is 10.5. The summed E-state index contributed by atoms with van der Waals surface area (Å²) in [7, 11) is 0. The van der Waals surface area contributed by atoms with Gasteiger partial charge in [-0.05, 0) is 48.9 Å². The molecule has 9 nitrogen and oxygen atoms in total. The van der Waals surface area contributed by atoms with Crippen LogP contribution in [0.15, 0.2) is 63.8 Å². The van der Waals surface area contributed by atoms with Gasteiger partial charge in [0.05, 0.1) is 12.2 Å². The van der Waals surface area contributed by atoms with Gasteiger partial charge in [-0.25, -0.2) is 14.4 Å². The molecular weight excluding hydrogens is 430 g/mol. The van der Waals surface area contributed by atoms with E-state index >= 15 is 0 Å². The van der Waals surface area contributed by atoms with Crippen LogP contribution in [0.1, 0.15) is 30.1 Å². The van der Waals surface area contributed by atoms with Crippen LogP contribution < -0.4 is 15.7 Å². The third-order valence-electron chi connectivity index (χ3n) is 4.45. The van der Waals surface area contributed by atoms with E-state index < -0.39 is 36.7 Å². The molecular formula is C24H23NO8. The van der Waals surface area contributed by atoms with Gasteiger partial charge >= 0.3 is 17.6 Å². The van der Waals surface area contributed by atoms with Crippen molar-refractivity contribution in [3.8, 4) is 5.75 Å². The summed E-state index contributed by atoms with van der Waals surface area (Å²) in [5.41, 5.74) is 0.648. The molecule has 1 heterocycles. The first-order chi connectivity index (χ1) is 15.9. The largest absolute Gasteiger partial charge is 0.482 e. The minimum absolute atomic E-state index is 0.312. The van der Waals surface area contributed by atoms with E-state index in [9.17, 15) is 19.2 Å². The van der Waals surface area contributed by atoms with Crippen LogP contribution in [0.25, 0.3) is 11.0 Å². The summed E-state index contributed by atoms with van der Waals surface area (Å²) in [6.07, 6.45) is 1.72. The lowest BCUT2D eigenvalue weighted by Gasteiger charge is -2.09. The topological polar surface area (TPSA) is 121 Å². The van der Waals surface area contributed by atoms with Gasteiger partial charge in [0, 0.05) is 23.2 Å². The number of amides is 1. The van der Waals surface area contributed by atoms with Crippen molar-refractivity contribution in [1.29, 1.82) is 0 Å². The molecule has 2 aromatic carbocycles. The van der Waals surface area contributed by atoms with Gasteiger partial charge in [-0.2, -0.15) is 0 Å². The number of fused-ring (bicyclic) bond motifs is 1. The van der Waals surface area contributed by atoms with Crippen LogP contribution in [0.2, 0.25) is 0 Å². The fourth-order valence-electron chi connectivity index (χ4n) is 2.74. The van der Waals surface area contributed by atoms with Crippen molar-refractivity contribution in [2.24, 2.45) is 0 Å². The Kier molecular flexibility index (Phi) is 8.18. The number of unbranched alkanes of at least 4 members (excludes halogenated alkanes) is 1. The van der Waals surface area contributed by atoms with Gasteiger partial charge in [0.15, 0.2) is 13.2 Å². The van der Waals surface area contributed by atoms with E-state index in [1.807, 2.05) is 6.92 Å². The number of nitrogens with one attached hydrogen (secondary N) is 1. The molecule has 3 aromatic rings. The lowest BCUT2D eigenvalue weighted by molar-refractivity contribution is -0.149. The van der Waals surface area contributed by atoms with Gasteiger partial charge in [-0.1, -0.05) is 13.3 Å². The van der Waals surface area contributed by atoms with E-state index in [4.69, 9.17) is 18.6 Å². The third-order valence-corrected chi connectivity index (χ3v) is 4.45. The van der Waals surface area contributed by atoms with E-state index in [0.717, 1.165) is 12.8 Å². The molecule has 0 spiro atoms. The summed E-state index contributed by atoms with van der Waals surface area (Å²) in [4.78, 5) is 47.0. The fourth-order valence-corrected chi connectivity index (χ4v) is 2.74. The third kappa shape index (κ3) is 7.20. The molecule has 0 unspecified atom stereocenters. The number of esters is 2. The molecule has 0 saturated heterocycles. The first-order valence-electron chi connectivity index (χ1n) is 10.3. The number of benzene rings is 2. The van der Waals surface area contributed by atoms with Crippen molar-refractivity contribution in [3.05, 3.63) is 70.6 Å². The van der Waals surface area contributed by atoms with Crippen molar-refractivity contribution in [1.82, 2.24) is 0 Å². The van der Waals surface area contributed by atoms with Crippen molar-refractivity contribution in [2.75, 3.05) is 25.1 Å². The SMILES string of the molecule is CCCCOC(=O)c1ccc(NC(=O)COC(=O)COc2ccc3ccc(=O)oc3c2)cc1. The number of hydrogen-bond donors (Lipinski definition) is 1. The number of carbonyl (C=O) groups is 3. The first kappa shape index (κ1) is 23.5. The number of hydrogen-bond acceptors (Lipinski definition) is 8. The molecule has 0 aliphatic rings. The standard InChI is InChI=1S/C24H23NO8/c1-2-3-12-30-24(29)17-4-8-18(9-5-17)25-21(26)14-32-23(28)15-31-19-10-6-16-7-11-22(27)33-20(16)13-19/h4-11,13H,2-3,12,14-15H2,1H3,(H,25,26). The van der Waals surface area contributed by atoms with Crippen LogP contribution in [0.3, 0.4) is 0 Å². The predicted molar refractivity (Wildman–Crippen MR) is 119 cm³/mol. The van der Waals surface area contributed by atoms with E-state index in [-0.39, 0.29) is 0 Å². The highest BCUT2D eigenvalue weighted by Gasteiger charge is 2.11. The molecule has 0 radical (unpaired) electrons. The Hall–Kier alpha value is -4.14. The second-order valence-electron chi connectivity index (χ2n) is 7.02. The van der Waals surface area contributed by atoms with Gasteiger partial charge in [-0.15, -0.1) is 0 Å². The fraction of sp³-hybridized carbons (Fsp3) is 0.250. The molecule has 0 saturated carbocycles. The molecule has 0 aliphatic carbocycles. The second-order valence-corrected chi connectivity index (χ2v) is 7.02. The zero-order chi connectivity index (χ0) is 23.6. The first-order valence-corrected chi connectivity index (χ1v) is 10.3. The maximum Gasteiger partial charge on any atom is 0.344 e. The Balaban J connectivity index is 1.41. The Labute approximate surface area is 189 Å². The Morgan fingerprint density at radius 3 is 2.45 bits per heavy atom. The predicted octanol–water partition coefficient (Wildman–Crippen LogP) is 3.31. The zero-order valence-corrected chi connectivity index (χ0v) is 18.0. The average Bonchev–Trinajstić information content (AvgIpc) is 2.81. The highest BCUT2D eigenvalue weighted by Crippen LogP contribution is 2.19. The minimum Gasteiger partial charge on any atom is -0.482 e. The van der Waals surface area contributed by atoms with Crippen molar-refractivity contribution in [2.45, 2.75) is 19.8 Å². The quantitative estimate of drug-likeness (QED) is 0.282. The maximum atomic E-state index is 12.0. The molecule has 0 aliphatic heterocycles. The lowest BCUT2D eigenvalue weighted by Crippen LogP contribution is -2.23. The molecule has 1 aromatic heterocycles. The van der Waals surface area contributed by atoms with E-state index in [2.05, 4.69) is 5.32 Å². The number of ether oxygens (including phenoxy) is 3. The van der Waals surface area contributed by atoms with Gasteiger partial charge in [-0.3, -0.25) is 4.79 Å². The number of rotatable bonds is 10. The summed E-state index contributed by atoms with van der Waals surface area (Å²) >= 11 is 0. The van der Waals surface area contributed by atoms with Gasteiger partial charge in [0.2, 0.25) is 0 Å². The van der Waals surface area contributed by atoms with Gasteiger partial charge < -0.3 is 23.9 Å². The molecule has 0 atom stereocenters. The monoisotopic (exact) mass is 453 g/mol. The molecule has 3 rings (SSSR count). The summed E-state index contributed by atoms with van der Waals surface area (Å²) in [5, 5.41) is 3.27. The van der Waals surface area contributed by atoms with E-state index in [1.54, 1.807) is 30.3 Å². The van der Waals surface area contributed by atoms with E-state index in [1.165, 1.54) is 24.3 Å². The van der Waals surface area contributed by atoms with Gasteiger partial charge in [0.1, 0.15) is 11.3 Å². The Bertz CT molecular complexity index is 1180. The van der Waals surface area contributed by atoms with Crippen molar-refractivity contribution < 1.29 is 33.0 Å². The Morgan fingerprint density at radius 1 is 0.939 bits per heavy atom. The van der Waals surface area contributed by atoms with Crippen LogP contribution in [0.4, 0.5) is 5.69 Å². The molecule has 33 heavy (non-hydrogen) atoms. The highest BCUT2D eigenvalue weighted by atomic mass is 16.6.